The molecule has 1 heterocycles. The maximum atomic E-state index is 12.4. The second-order valence-electron chi connectivity index (χ2n) is 4.93. The molecule has 0 radical (unpaired) electrons. The molecule has 0 fully saturated rings. The van der Waals surface area contributed by atoms with Crippen LogP contribution in [-0.4, -0.2) is 18.2 Å². The quantitative estimate of drug-likeness (QED) is 0.315. The second-order valence-corrected chi connectivity index (χ2v) is 6.36. The lowest BCUT2D eigenvalue weighted by Crippen LogP contribution is -2.24. The van der Waals surface area contributed by atoms with Gasteiger partial charge in [0.25, 0.3) is 0 Å². The molecule has 2 aromatic carbocycles. The number of benzene rings is 2. The lowest BCUT2D eigenvalue weighted by molar-refractivity contribution is 0.0740. The van der Waals surface area contributed by atoms with Gasteiger partial charge in [-0.15, -0.1) is 11.3 Å². The number of rotatable bonds is 4. The number of nitrogens with two attached hydrogens (primary N) is 1. The number of ether oxygens (including phenoxy) is 1. The summed E-state index contributed by atoms with van der Waals surface area (Å²) in [4.78, 5) is 23.2. The van der Waals surface area contributed by atoms with Crippen molar-refractivity contribution in [3.8, 4) is 5.75 Å². The SMILES string of the molecule is NC(=O)N/N=C/c1ccc(OC(=O)c2sc3ccccc3c2Cl)cc1. The van der Waals surface area contributed by atoms with E-state index in [1.165, 1.54) is 17.6 Å². The van der Waals surface area contributed by atoms with Crippen LogP contribution >= 0.6 is 22.9 Å². The summed E-state index contributed by atoms with van der Waals surface area (Å²) >= 11 is 7.56. The summed E-state index contributed by atoms with van der Waals surface area (Å²) in [6, 6.07) is 13.4. The molecule has 3 N–H and O–H groups in total. The standard InChI is InChI=1S/C17H12ClN3O3S/c18-14-12-3-1-2-4-13(12)25-15(14)16(22)24-11-7-5-10(6-8-11)9-20-21-17(19)23/h1-9H,(H3,19,21,23)/b20-9+. The summed E-state index contributed by atoms with van der Waals surface area (Å²) in [6.45, 7) is 0. The molecular formula is C17H12ClN3O3S. The maximum absolute atomic E-state index is 12.4. The molecular weight excluding hydrogens is 362 g/mol. The van der Waals surface area contributed by atoms with E-state index in [-0.39, 0.29) is 0 Å². The maximum Gasteiger partial charge on any atom is 0.355 e. The number of hydrazone groups is 1. The molecule has 0 atom stereocenters. The van der Waals surface area contributed by atoms with Crippen LogP contribution in [0.15, 0.2) is 53.6 Å². The lowest BCUT2D eigenvalue weighted by atomic mass is 10.2. The Labute approximate surface area is 151 Å². The van der Waals surface area contributed by atoms with Crippen molar-refractivity contribution in [2.75, 3.05) is 0 Å². The number of fused-ring (bicyclic) bond motifs is 1. The van der Waals surface area contributed by atoms with Crippen molar-refractivity contribution in [3.05, 3.63) is 64.0 Å². The number of primary amides is 1. The average Bonchev–Trinajstić information content (AvgIpc) is 2.94. The summed E-state index contributed by atoms with van der Waals surface area (Å²) in [6.07, 6.45) is 1.42. The Hall–Kier alpha value is -2.90. The van der Waals surface area contributed by atoms with Crippen molar-refractivity contribution in [1.82, 2.24) is 5.43 Å². The smallest absolute Gasteiger partial charge is 0.355 e. The molecule has 2 amide bonds. The van der Waals surface area contributed by atoms with E-state index in [2.05, 4.69) is 10.5 Å². The number of halogens is 1. The number of thiophene rings is 1. The third kappa shape index (κ3) is 3.96. The van der Waals surface area contributed by atoms with Crippen LogP contribution in [0.1, 0.15) is 15.2 Å². The van der Waals surface area contributed by atoms with Crippen LogP contribution in [0.2, 0.25) is 5.02 Å². The Bertz CT molecular complexity index is 967. The number of nitrogens with one attached hydrogen (secondary N) is 1. The third-order valence-electron chi connectivity index (χ3n) is 3.20. The molecule has 0 saturated heterocycles. The molecule has 0 spiro atoms. The Morgan fingerprint density at radius 3 is 2.56 bits per heavy atom. The van der Waals surface area contributed by atoms with E-state index in [9.17, 15) is 9.59 Å². The van der Waals surface area contributed by atoms with Crippen molar-refractivity contribution in [3.63, 3.8) is 0 Å². The van der Waals surface area contributed by atoms with Crippen LogP contribution in [0.25, 0.3) is 10.1 Å². The number of esters is 1. The van der Waals surface area contributed by atoms with Gasteiger partial charge in [-0.05, 0) is 35.9 Å². The first-order chi connectivity index (χ1) is 12.0. The van der Waals surface area contributed by atoms with Crippen LogP contribution in [0, 0.1) is 0 Å². The molecule has 3 aromatic rings. The number of hydrogen-bond acceptors (Lipinski definition) is 5. The monoisotopic (exact) mass is 373 g/mol. The zero-order valence-corrected chi connectivity index (χ0v) is 14.3. The van der Waals surface area contributed by atoms with E-state index >= 15 is 0 Å². The van der Waals surface area contributed by atoms with E-state index in [0.717, 1.165) is 10.1 Å². The minimum absolute atomic E-state index is 0.360. The van der Waals surface area contributed by atoms with Gasteiger partial charge in [0.15, 0.2) is 0 Å². The molecule has 126 valence electrons. The van der Waals surface area contributed by atoms with Crippen LogP contribution in [0.3, 0.4) is 0 Å². The van der Waals surface area contributed by atoms with Gasteiger partial charge in [-0.1, -0.05) is 29.8 Å². The Kier molecular flexibility index (Phi) is 4.97. The van der Waals surface area contributed by atoms with E-state index < -0.39 is 12.0 Å². The Morgan fingerprint density at radius 1 is 1.16 bits per heavy atom. The Morgan fingerprint density at radius 2 is 1.88 bits per heavy atom. The van der Waals surface area contributed by atoms with Crippen molar-refractivity contribution in [2.24, 2.45) is 10.8 Å². The summed E-state index contributed by atoms with van der Waals surface area (Å²) in [7, 11) is 0. The number of urea groups is 1. The van der Waals surface area contributed by atoms with Crippen LogP contribution < -0.4 is 15.9 Å². The summed E-state index contributed by atoms with van der Waals surface area (Å²) in [5.74, 6) is -0.137. The summed E-state index contributed by atoms with van der Waals surface area (Å²) < 4.78 is 6.29. The molecule has 0 bridgehead atoms. The number of amides is 2. The minimum atomic E-state index is -0.748. The molecule has 0 aliphatic rings. The van der Waals surface area contributed by atoms with Gasteiger partial charge in [-0.2, -0.15) is 5.10 Å². The summed E-state index contributed by atoms with van der Waals surface area (Å²) in [5.41, 5.74) is 7.69. The van der Waals surface area contributed by atoms with E-state index in [4.69, 9.17) is 22.1 Å². The van der Waals surface area contributed by atoms with Gasteiger partial charge >= 0.3 is 12.0 Å². The van der Waals surface area contributed by atoms with Gasteiger partial charge in [0.2, 0.25) is 0 Å². The molecule has 6 nitrogen and oxygen atoms in total. The normalized spacial score (nSPS) is 10.9. The van der Waals surface area contributed by atoms with Crippen molar-refractivity contribution in [1.29, 1.82) is 0 Å². The van der Waals surface area contributed by atoms with Gasteiger partial charge in [0.05, 0.1) is 11.2 Å². The fraction of sp³-hybridized carbons (Fsp3) is 0. The molecule has 25 heavy (non-hydrogen) atoms. The molecule has 3 rings (SSSR count). The number of carbonyl (C=O) groups excluding carboxylic acids is 2. The molecule has 0 unspecified atom stereocenters. The molecule has 8 heteroatoms. The van der Waals surface area contributed by atoms with Gasteiger partial charge < -0.3 is 10.5 Å². The number of hydrogen-bond donors (Lipinski definition) is 2. The first-order valence-electron chi connectivity index (χ1n) is 7.12. The van der Waals surface area contributed by atoms with E-state index in [1.807, 2.05) is 24.3 Å². The first-order valence-corrected chi connectivity index (χ1v) is 8.32. The van der Waals surface area contributed by atoms with Gasteiger partial charge in [-0.25, -0.2) is 15.0 Å². The number of nitrogens with zero attached hydrogens (tertiary/aromatic N) is 1. The zero-order valence-electron chi connectivity index (χ0n) is 12.7. The van der Waals surface area contributed by atoms with Gasteiger partial charge in [0, 0.05) is 10.1 Å². The third-order valence-corrected chi connectivity index (χ3v) is 4.85. The molecule has 1 aromatic heterocycles. The lowest BCUT2D eigenvalue weighted by Gasteiger charge is -2.03. The highest BCUT2D eigenvalue weighted by Crippen LogP contribution is 2.35. The topological polar surface area (TPSA) is 93.8 Å². The highest BCUT2D eigenvalue weighted by Gasteiger charge is 2.18. The zero-order chi connectivity index (χ0) is 17.8. The number of carbonyl (C=O) groups is 2. The highest BCUT2D eigenvalue weighted by atomic mass is 35.5. The van der Waals surface area contributed by atoms with E-state index in [1.54, 1.807) is 24.3 Å². The average molecular weight is 374 g/mol. The van der Waals surface area contributed by atoms with Crippen LogP contribution in [-0.2, 0) is 0 Å². The van der Waals surface area contributed by atoms with Crippen molar-refractivity contribution < 1.29 is 14.3 Å². The first kappa shape index (κ1) is 16.9. The van der Waals surface area contributed by atoms with E-state index in [0.29, 0.717) is 21.2 Å². The molecule has 0 aliphatic heterocycles. The molecule has 0 saturated carbocycles. The summed E-state index contributed by atoms with van der Waals surface area (Å²) in [5, 5.41) is 4.87. The van der Waals surface area contributed by atoms with Crippen LogP contribution in [0.4, 0.5) is 4.79 Å². The fourth-order valence-corrected chi connectivity index (χ4v) is 3.48. The molecule has 0 aliphatic carbocycles. The minimum Gasteiger partial charge on any atom is -0.422 e. The van der Waals surface area contributed by atoms with Gasteiger partial charge in [-0.3, -0.25) is 0 Å². The highest BCUT2D eigenvalue weighted by molar-refractivity contribution is 7.21. The Balaban J connectivity index is 1.73. The van der Waals surface area contributed by atoms with Crippen molar-refractivity contribution in [2.45, 2.75) is 0 Å². The largest absolute Gasteiger partial charge is 0.422 e. The predicted molar refractivity (Wildman–Crippen MR) is 98.5 cm³/mol. The fourth-order valence-electron chi connectivity index (χ4n) is 2.09. The van der Waals surface area contributed by atoms with Crippen molar-refractivity contribution >= 4 is 51.2 Å². The van der Waals surface area contributed by atoms with Crippen LogP contribution in [0.5, 0.6) is 5.75 Å². The van der Waals surface area contributed by atoms with Gasteiger partial charge in [0.1, 0.15) is 10.6 Å². The predicted octanol–water partition coefficient (Wildman–Crippen LogP) is 3.78. The second kappa shape index (κ2) is 7.33.